The zero-order valence-electron chi connectivity index (χ0n) is 16.0. The molecule has 1 amide bonds. The van der Waals surface area contributed by atoms with Crippen molar-refractivity contribution in [1.82, 2.24) is 5.01 Å². The Morgan fingerprint density at radius 2 is 1.70 bits per heavy atom. The van der Waals surface area contributed by atoms with Gasteiger partial charge in [-0.25, -0.2) is 5.01 Å². The van der Waals surface area contributed by atoms with Crippen LogP contribution >= 0.6 is 23.4 Å². The molecule has 0 aromatic heterocycles. The predicted molar refractivity (Wildman–Crippen MR) is 116 cm³/mol. The van der Waals surface area contributed by atoms with Crippen LogP contribution in [0.25, 0.3) is 6.08 Å². The minimum Gasteiger partial charge on any atom is -0.267 e. The Labute approximate surface area is 170 Å². The van der Waals surface area contributed by atoms with Crippen LogP contribution < -0.4 is 0 Å². The Balaban J connectivity index is 1.79. The van der Waals surface area contributed by atoms with Gasteiger partial charge in [-0.15, -0.1) is 11.8 Å². The van der Waals surface area contributed by atoms with Gasteiger partial charge in [0.1, 0.15) is 0 Å². The summed E-state index contributed by atoms with van der Waals surface area (Å²) >= 11 is 7.58. The van der Waals surface area contributed by atoms with Crippen LogP contribution in [0, 0.1) is 0 Å². The number of hydrogen-bond donors (Lipinski definition) is 0. The van der Waals surface area contributed by atoms with Crippen molar-refractivity contribution in [1.29, 1.82) is 0 Å². The molecule has 140 valence electrons. The Bertz CT molecular complexity index is 893. The fourth-order valence-corrected chi connectivity index (χ4v) is 3.73. The molecule has 0 spiro atoms. The standard InChI is InChI=1S/C22H23ClN2OS/c1-22(2,3)16-7-5-15(6-8-16)13-19-20(24-25(4)21(19)26)14-27-18-11-9-17(23)10-12-18/h5-13H,14H2,1-4H3/b19-13-. The van der Waals surface area contributed by atoms with Gasteiger partial charge < -0.3 is 0 Å². The minimum absolute atomic E-state index is 0.0680. The van der Waals surface area contributed by atoms with E-state index < -0.39 is 0 Å². The van der Waals surface area contributed by atoms with Crippen molar-refractivity contribution < 1.29 is 4.79 Å². The van der Waals surface area contributed by atoms with Gasteiger partial charge in [0.15, 0.2) is 0 Å². The Morgan fingerprint density at radius 1 is 1.07 bits per heavy atom. The summed E-state index contributed by atoms with van der Waals surface area (Å²) < 4.78 is 0. The van der Waals surface area contributed by atoms with Crippen molar-refractivity contribution in [3.8, 4) is 0 Å². The van der Waals surface area contributed by atoms with E-state index in [4.69, 9.17) is 11.6 Å². The van der Waals surface area contributed by atoms with Crippen molar-refractivity contribution in [2.45, 2.75) is 31.1 Å². The van der Waals surface area contributed by atoms with E-state index in [2.05, 4.69) is 50.1 Å². The van der Waals surface area contributed by atoms with E-state index in [0.717, 1.165) is 16.2 Å². The third-order valence-electron chi connectivity index (χ3n) is 4.38. The van der Waals surface area contributed by atoms with Gasteiger partial charge in [0.25, 0.3) is 5.91 Å². The van der Waals surface area contributed by atoms with Crippen LogP contribution in [0.5, 0.6) is 0 Å². The molecule has 0 unspecified atom stereocenters. The number of amides is 1. The third-order valence-corrected chi connectivity index (χ3v) is 5.66. The first-order valence-electron chi connectivity index (χ1n) is 8.80. The summed E-state index contributed by atoms with van der Waals surface area (Å²) in [6.45, 7) is 6.57. The van der Waals surface area contributed by atoms with Crippen molar-refractivity contribution in [3.63, 3.8) is 0 Å². The number of hydrogen-bond acceptors (Lipinski definition) is 3. The van der Waals surface area contributed by atoms with Gasteiger partial charge in [-0.3, -0.25) is 4.79 Å². The fourth-order valence-electron chi connectivity index (χ4n) is 2.76. The first-order valence-corrected chi connectivity index (χ1v) is 10.2. The Kier molecular flexibility index (Phi) is 5.78. The second kappa shape index (κ2) is 7.91. The van der Waals surface area contributed by atoms with Crippen LogP contribution in [-0.4, -0.2) is 29.4 Å². The molecule has 0 atom stereocenters. The molecule has 1 heterocycles. The monoisotopic (exact) mass is 398 g/mol. The molecule has 0 bridgehead atoms. The molecule has 1 aliphatic heterocycles. The van der Waals surface area contributed by atoms with Gasteiger partial charge in [-0.1, -0.05) is 56.6 Å². The maximum Gasteiger partial charge on any atom is 0.275 e. The van der Waals surface area contributed by atoms with Gasteiger partial charge in [0.2, 0.25) is 0 Å². The number of benzene rings is 2. The highest BCUT2D eigenvalue weighted by atomic mass is 35.5. The van der Waals surface area contributed by atoms with Gasteiger partial charge in [-0.2, -0.15) is 5.10 Å². The van der Waals surface area contributed by atoms with E-state index in [1.54, 1.807) is 18.8 Å². The summed E-state index contributed by atoms with van der Waals surface area (Å²) in [5.74, 6) is 0.561. The first-order chi connectivity index (χ1) is 12.7. The summed E-state index contributed by atoms with van der Waals surface area (Å²) in [7, 11) is 1.69. The Hall–Kier alpha value is -2.04. The molecular formula is C22H23ClN2OS. The van der Waals surface area contributed by atoms with Gasteiger partial charge in [0.05, 0.1) is 11.3 Å². The molecule has 0 saturated carbocycles. The topological polar surface area (TPSA) is 32.7 Å². The number of hydrazone groups is 1. The molecule has 0 aliphatic carbocycles. The Morgan fingerprint density at radius 3 is 2.30 bits per heavy atom. The SMILES string of the molecule is CN1N=C(CSc2ccc(Cl)cc2)/C(=C/c2ccc(C(C)(C)C)cc2)C1=O. The van der Waals surface area contributed by atoms with E-state index in [0.29, 0.717) is 16.3 Å². The predicted octanol–water partition coefficient (Wildman–Crippen LogP) is 5.64. The van der Waals surface area contributed by atoms with Crippen LogP contribution in [0.1, 0.15) is 31.9 Å². The molecule has 1 aliphatic rings. The molecule has 2 aromatic rings. The van der Waals surface area contributed by atoms with Crippen molar-refractivity contribution >= 4 is 41.1 Å². The lowest BCUT2D eigenvalue weighted by Gasteiger charge is -2.18. The lowest BCUT2D eigenvalue weighted by atomic mass is 9.86. The van der Waals surface area contributed by atoms with Crippen molar-refractivity contribution in [3.05, 3.63) is 70.3 Å². The molecule has 0 N–H and O–H groups in total. The second-order valence-corrected chi connectivity index (χ2v) is 9.03. The number of thioether (sulfide) groups is 1. The molecule has 0 fully saturated rings. The highest BCUT2D eigenvalue weighted by Crippen LogP contribution is 2.26. The lowest BCUT2D eigenvalue weighted by molar-refractivity contribution is -0.124. The summed E-state index contributed by atoms with van der Waals surface area (Å²) in [5, 5.41) is 6.55. The number of halogens is 1. The number of rotatable bonds is 4. The molecule has 2 aromatic carbocycles. The normalized spacial score (nSPS) is 16.2. The molecule has 3 rings (SSSR count). The summed E-state index contributed by atoms with van der Waals surface area (Å²) in [6, 6.07) is 16.0. The summed E-state index contributed by atoms with van der Waals surface area (Å²) in [4.78, 5) is 13.6. The van der Waals surface area contributed by atoms with Crippen LogP contribution in [0.15, 0.2) is 64.1 Å². The van der Waals surface area contributed by atoms with Crippen molar-refractivity contribution in [2.24, 2.45) is 5.10 Å². The maximum absolute atomic E-state index is 12.5. The molecule has 27 heavy (non-hydrogen) atoms. The minimum atomic E-state index is -0.0680. The second-order valence-electron chi connectivity index (χ2n) is 7.55. The van der Waals surface area contributed by atoms with Gasteiger partial charge in [-0.05, 0) is 46.9 Å². The number of nitrogens with zero attached hydrogens (tertiary/aromatic N) is 2. The molecule has 0 radical (unpaired) electrons. The third kappa shape index (κ3) is 4.82. The quantitative estimate of drug-likeness (QED) is 0.493. The van der Waals surface area contributed by atoms with E-state index in [9.17, 15) is 4.79 Å². The highest BCUT2D eigenvalue weighted by Gasteiger charge is 2.27. The van der Waals surface area contributed by atoms with Crippen molar-refractivity contribution in [2.75, 3.05) is 12.8 Å². The molecule has 0 saturated heterocycles. The van der Waals surface area contributed by atoms with Crippen LogP contribution in [0.4, 0.5) is 0 Å². The van der Waals surface area contributed by atoms with Gasteiger partial charge >= 0.3 is 0 Å². The summed E-state index contributed by atoms with van der Waals surface area (Å²) in [5.41, 5.74) is 3.83. The zero-order valence-corrected chi connectivity index (χ0v) is 17.6. The highest BCUT2D eigenvalue weighted by molar-refractivity contribution is 8.00. The number of carbonyl (C=O) groups is 1. The van der Waals surface area contributed by atoms with Crippen LogP contribution in [0.3, 0.4) is 0 Å². The lowest BCUT2D eigenvalue weighted by Crippen LogP contribution is -2.17. The van der Waals surface area contributed by atoms with Crippen LogP contribution in [0.2, 0.25) is 5.02 Å². The smallest absolute Gasteiger partial charge is 0.267 e. The van der Waals surface area contributed by atoms with E-state index in [1.165, 1.54) is 10.6 Å². The summed E-state index contributed by atoms with van der Waals surface area (Å²) in [6.07, 6.45) is 1.93. The average Bonchev–Trinajstić information content (AvgIpc) is 2.89. The first kappa shape index (κ1) is 19.7. The fraction of sp³-hybridized carbons (Fsp3) is 0.273. The maximum atomic E-state index is 12.5. The van der Waals surface area contributed by atoms with E-state index >= 15 is 0 Å². The number of carbonyl (C=O) groups excluding carboxylic acids is 1. The van der Waals surface area contributed by atoms with Crippen LogP contribution in [-0.2, 0) is 10.2 Å². The molecular weight excluding hydrogens is 376 g/mol. The molecule has 5 heteroatoms. The largest absolute Gasteiger partial charge is 0.275 e. The number of likely N-dealkylation sites (N-methyl/N-ethyl adjacent to an activating group) is 1. The van der Waals surface area contributed by atoms with Gasteiger partial charge in [0, 0.05) is 22.7 Å². The van der Waals surface area contributed by atoms with E-state index in [-0.39, 0.29) is 11.3 Å². The van der Waals surface area contributed by atoms with E-state index in [1.807, 2.05) is 30.3 Å². The molecule has 3 nitrogen and oxygen atoms in total. The zero-order chi connectivity index (χ0) is 19.6. The average molecular weight is 399 g/mol.